The molecule has 4 aromatic rings. The lowest BCUT2D eigenvalue weighted by Crippen LogP contribution is -2.16. The fraction of sp³-hybridized carbons (Fsp3) is 0.360. The second-order valence-corrected chi connectivity index (χ2v) is 10.7. The van der Waals surface area contributed by atoms with E-state index in [2.05, 4.69) is 25.6 Å². The highest BCUT2D eigenvalue weighted by Crippen LogP contribution is 2.54. The van der Waals surface area contributed by atoms with E-state index in [0.717, 1.165) is 4.57 Å². The first-order valence-electron chi connectivity index (χ1n) is 12.3. The van der Waals surface area contributed by atoms with Crippen LogP contribution in [0.2, 0.25) is 5.02 Å². The maximum atomic E-state index is 14.2. The first kappa shape index (κ1) is 28.7. The molecule has 1 N–H and O–H groups in total. The topological polar surface area (TPSA) is 130 Å². The molecule has 3 heterocycles. The van der Waals surface area contributed by atoms with Gasteiger partial charge in [0.2, 0.25) is 5.82 Å². The minimum atomic E-state index is -4.78. The van der Waals surface area contributed by atoms with Gasteiger partial charge in [-0.25, -0.2) is 0 Å². The third-order valence-corrected chi connectivity index (χ3v) is 8.20. The Morgan fingerprint density at radius 1 is 1.12 bits per heavy atom. The van der Waals surface area contributed by atoms with Gasteiger partial charge < -0.3 is 14.6 Å². The Morgan fingerprint density at radius 2 is 1.93 bits per heavy atom. The monoisotopic (exact) mass is 609 g/mol. The summed E-state index contributed by atoms with van der Waals surface area (Å²) >= 11 is 7.74. The van der Waals surface area contributed by atoms with Gasteiger partial charge in [0.25, 0.3) is 0 Å². The van der Waals surface area contributed by atoms with Crippen molar-refractivity contribution in [2.45, 2.75) is 42.5 Å². The molecule has 216 valence electrons. The summed E-state index contributed by atoms with van der Waals surface area (Å²) < 4.78 is 54.8. The predicted octanol–water partition coefficient (Wildman–Crippen LogP) is 4.93. The molecule has 2 aromatic carbocycles. The standard InChI is InChI=1S/C25H23ClF3N7O4S/c1-39-17-5-3-4-14(21(17)40-2)22-15-12-13(26)6-7-16(15)36-23(31-32-24(36)25(27,28)29)18(41-22)10-11-35-33-19(30-34-35)8-9-20(37)38/h3-7,12,18,22H,8-11H2,1-2H3,(H,37,38)/t18-,22-/m0/s1. The number of ether oxygens (including phenoxy) is 2. The van der Waals surface area contributed by atoms with Gasteiger partial charge in [-0.15, -0.1) is 32.2 Å². The molecule has 1 aliphatic rings. The highest BCUT2D eigenvalue weighted by molar-refractivity contribution is 8.00. The second-order valence-electron chi connectivity index (χ2n) is 8.99. The van der Waals surface area contributed by atoms with Crippen molar-refractivity contribution in [3.8, 4) is 17.2 Å². The van der Waals surface area contributed by atoms with Gasteiger partial charge in [0.15, 0.2) is 23.1 Å². The number of halogens is 4. The third kappa shape index (κ3) is 5.81. The van der Waals surface area contributed by atoms with Crippen LogP contribution in [0, 0.1) is 0 Å². The van der Waals surface area contributed by atoms with E-state index in [1.807, 2.05) is 6.07 Å². The Kier molecular flexibility index (Phi) is 8.09. The highest BCUT2D eigenvalue weighted by Gasteiger charge is 2.43. The number of hydrogen-bond donors (Lipinski definition) is 1. The largest absolute Gasteiger partial charge is 0.493 e. The molecule has 41 heavy (non-hydrogen) atoms. The van der Waals surface area contributed by atoms with Gasteiger partial charge in [-0.2, -0.15) is 18.0 Å². The van der Waals surface area contributed by atoms with Gasteiger partial charge in [-0.3, -0.25) is 9.36 Å². The molecule has 0 spiro atoms. The summed E-state index contributed by atoms with van der Waals surface area (Å²) in [6, 6.07) is 10.0. The molecule has 5 rings (SSSR count). The van der Waals surface area contributed by atoms with Crippen LogP contribution >= 0.6 is 23.4 Å². The van der Waals surface area contributed by atoms with Crippen LogP contribution in [-0.4, -0.2) is 60.3 Å². The van der Waals surface area contributed by atoms with Gasteiger partial charge in [0.05, 0.1) is 43.4 Å². The molecular weight excluding hydrogens is 587 g/mol. The summed E-state index contributed by atoms with van der Waals surface area (Å²) in [4.78, 5) is 12.2. The zero-order valence-corrected chi connectivity index (χ0v) is 23.2. The molecule has 0 unspecified atom stereocenters. The van der Waals surface area contributed by atoms with Crippen molar-refractivity contribution in [1.29, 1.82) is 0 Å². The molecule has 0 saturated heterocycles. The molecule has 0 fully saturated rings. The van der Waals surface area contributed by atoms with E-state index in [-0.39, 0.29) is 43.1 Å². The first-order valence-corrected chi connectivity index (χ1v) is 13.6. The summed E-state index contributed by atoms with van der Waals surface area (Å²) in [7, 11) is 3.00. The van der Waals surface area contributed by atoms with Crippen molar-refractivity contribution in [1.82, 2.24) is 35.0 Å². The lowest BCUT2D eigenvalue weighted by atomic mass is 10.0. The number of rotatable bonds is 9. The average Bonchev–Trinajstić information content (AvgIpc) is 3.56. The molecule has 2 aromatic heterocycles. The molecule has 11 nitrogen and oxygen atoms in total. The van der Waals surface area contributed by atoms with Crippen molar-refractivity contribution in [2.24, 2.45) is 0 Å². The van der Waals surface area contributed by atoms with E-state index in [1.165, 1.54) is 42.9 Å². The Labute approximate surface area is 240 Å². The predicted molar refractivity (Wildman–Crippen MR) is 141 cm³/mol. The number of tetrazole rings is 1. The molecule has 2 atom stereocenters. The second kappa shape index (κ2) is 11.6. The van der Waals surface area contributed by atoms with Gasteiger partial charge >= 0.3 is 12.1 Å². The van der Waals surface area contributed by atoms with Crippen LogP contribution in [0.5, 0.6) is 11.5 Å². The number of benzene rings is 2. The zero-order chi connectivity index (χ0) is 29.3. The van der Waals surface area contributed by atoms with Gasteiger partial charge in [0.1, 0.15) is 0 Å². The van der Waals surface area contributed by atoms with Crippen molar-refractivity contribution in [3.05, 3.63) is 70.0 Å². The number of hydrogen-bond acceptors (Lipinski definition) is 9. The van der Waals surface area contributed by atoms with Crippen molar-refractivity contribution >= 4 is 29.3 Å². The van der Waals surface area contributed by atoms with Gasteiger partial charge in [-0.05, 0) is 41.5 Å². The minimum absolute atomic E-state index is 0.0986. The number of carboxylic acids is 1. The SMILES string of the molecule is COc1cccc([C@@H]2S[C@@H](CCn3nnc(CCC(=O)O)n3)c3nnc(C(F)(F)F)n3-c3ccc(Cl)cc32)c1OC. The molecule has 0 amide bonds. The van der Waals surface area contributed by atoms with Crippen LogP contribution in [0.3, 0.4) is 0 Å². The maximum absolute atomic E-state index is 14.2. The Balaban J connectivity index is 1.61. The van der Waals surface area contributed by atoms with E-state index in [4.69, 9.17) is 26.2 Å². The summed E-state index contributed by atoms with van der Waals surface area (Å²) in [5.74, 6) is -0.895. The van der Waals surface area contributed by atoms with Crippen molar-refractivity contribution in [2.75, 3.05) is 14.2 Å². The molecule has 0 radical (unpaired) electrons. The quantitative estimate of drug-likeness (QED) is 0.279. The summed E-state index contributed by atoms with van der Waals surface area (Å²) in [6.45, 7) is 0.172. The van der Waals surface area contributed by atoms with Crippen LogP contribution in [-0.2, 0) is 23.9 Å². The average molecular weight is 610 g/mol. The lowest BCUT2D eigenvalue weighted by molar-refractivity contribution is -0.146. The number of aliphatic carboxylic acids is 1. The maximum Gasteiger partial charge on any atom is 0.452 e. The fourth-order valence-corrected chi connectivity index (χ4v) is 6.33. The number of aryl methyl sites for hydroxylation is 2. The van der Waals surface area contributed by atoms with E-state index >= 15 is 0 Å². The molecule has 0 saturated carbocycles. The van der Waals surface area contributed by atoms with E-state index in [1.54, 1.807) is 18.2 Å². The molecule has 0 bridgehead atoms. The first-order chi connectivity index (χ1) is 19.6. The Hall–Kier alpha value is -3.85. The van der Waals surface area contributed by atoms with Crippen LogP contribution in [0.15, 0.2) is 36.4 Å². The van der Waals surface area contributed by atoms with E-state index in [0.29, 0.717) is 27.6 Å². The normalized spacial score (nSPS) is 16.5. The van der Waals surface area contributed by atoms with E-state index < -0.39 is 28.5 Å². The Bertz CT molecular complexity index is 1580. The fourth-order valence-electron chi connectivity index (χ4n) is 4.64. The number of fused-ring (bicyclic) bond motifs is 3. The molecule has 0 aliphatic carbocycles. The number of carboxylic acid groups (broad SMARTS) is 1. The van der Waals surface area contributed by atoms with Crippen LogP contribution in [0.1, 0.15) is 51.9 Å². The van der Waals surface area contributed by atoms with E-state index in [9.17, 15) is 18.0 Å². The number of para-hydroxylation sites is 1. The Morgan fingerprint density at radius 3 is 2.63 bits per heavy atom. The third-order valence-electron chi connectivity index (χ3n) is 6.41. The molecular formula is C25H23ClF3N7O4S. The number of thioether (sulfide) groups is 1. The number of aromatic nitrogens is 7. The van der Waals surface area contributed by atoms with Crippen LogP contribution in [0.25, 0.3) is 5.69 Å². The van der Waals surface area contributed by atoms with Crippen LogP contribution in [0.4, 0.5) is 13.2 Å². The molecule has 1 aliphatic heterocycles. The van der Waals surface area contributed by atoms with Crippen molar-refractivity contribution < 1.29 is 32.5 Å². The highest BCUT2D eigenvalue weighted by atomic mass is 35.5. The zero-order valence-electron chi connectivity index (χ0n) is 21.7. The minimum Gasteiger partial charge on any atom is -0.493 e. The number of alkyl halides is 3. The number of carbonyl (C=O) groups is 1. The number of methoxy groups -OCH3 is 2. The van der Waals surface area contributed by atoms with Gasteiger partial charge in [0, 0.05) is 17.0 Å². The number of nitrogens with zero attached hydrogens (tertiary/aromatic N) is 7. The van der Waals surface area contributed by atoms with Gasteiger partial charge in [-0.1, -0.05) is 23.7 Å². The lowest BCUT2D eigenvalue weighted by Gasteiger charge is -2.24. The summed E-state index contributed by atoms with van der Waals surface area (Å²) in [6.07, 6.45) is -4.58. The van der Waals surface area contributed by atoms with Crippen LogP contribution < -0.4 is 9.47 Å². The van der Waals surface area contributed by atoms with Crippen molar-refractivity contribution in [3.63, 3.8) is 0 Å². The summed E-state index contributed by atoms with van der Waals surface area (Å²) in [5, 5.41) is 27.7. The smallest absolute Gasteiger partial charge is 0.452 e. The molecule has 16 heteroatoms. The summed E-state index contributed by atoms with van der Waals surface area (Å²) in [5.41, 5.74) is 1.42.